The zero-order valence-corrected chi connectivity index (χ0v) is 9.96. The number of ketones is 1. The molecule has 2 heteroatoms. The maximum Gasteiger partial charge on any atom is 0.133 e. The van der Waals surface area contributed by atoms with Crippen LogP contribution in [-0.2, 0) is 9.53 Å². The van der Waals surface area contributed by atoms with Gasteiger partial charge in [-0.3, -0.25) is 4.79 Å². The third-order valence-electron chi connectivity index (χ3n) is 3.19. The van der Waals surface area contributed by atoms with Gasteiger partial charge in [0.15, 0.2) is 0 Å². The quantitative estimate of drug-likeness (QED) is 0.605. The van der Waals surface area contributed by atoms with E-state index in [2.05, 4.69) is 0 Å². The topological polar surface area (TPSA) is 26.3 Å². The van der Waals surface area contributed by atoms with Gasteiger partial charge >= 0.3 is 0 Å². The van der Waals surface area contributed by atoms with Crippen LogP contribution in [0.25, 0.3) is 0 Å². The Balaban J connectivity index is 2.01. The average molecular weight is 212 g/mol. The Morgan fingerprint density at radius 2 is 2.00 bits per heavy atom. The lowest BCUT2D eigenvalue weighted by Gasteiger charge is -2.20. The Morgan fingerprint density at radius 1 is 1.27 bits per heavy atom. The lowest BCUT2D eigenvalue weighted by Crippen LogP contribution is -2.12. The van der Waals surface area contributed by atoms with Crippen molar-refractivity contribution in [2.75, 3.05) is 13.2 Å². The molecule has 15 heavy (non-hydrogen) atoms. The summed E-state index contributed by atoms with van der Waals surface area (Å²) in [6.45, 7) is 3.49. The van der Waals surface area contributed by atoms with Gasteiger partial charge in [-0.15, -0.1) is 0 Å². The number of hydrogen-bond donors (Lipinski definition) is 0. The van der Waals surface area contributed by atoms with E-state index in [-0.39, 0.29) is 0 Å². The maximum atomic E-state index is 11.6. The molecule has 2 nitrogen and oxygen atoms in total. The molecular formula is C13H24O2. The van der Waals surface area contributed by atoms with Crippen LogP contribution in [0.5, 0.6) is 0 Å². The summed E-state index contributed by atoms with van der Waals surface area (Å²) in [7, 11) is 0. The van der Waals surface area contributed by atoms with Crippen molar-refractivity contribution >= 4 is 5.78 Å². The van der Waals surface area contributed by atoms with Crippen LogP contribution in [0, 0.1) is 5.92 Å². The first-order valence-corrected chi connectivity index (χ1v) is 6.42. The predicted octanol–water partition coefficient (Wildman–Crippen LogP) is 3.34. The Morgan fingerprint density at radius 3 is 2.67 bits per heavy atom. The number of hydrogen-bond acceptors (Lipinski definition) is 2. The largest absolute Gasteiger partial charge is 0.382 e. The molecule has 0 aliphatic heterocycles. The monoisotopic (exact) mass is 212 g/mol. The van der Waals surface area contributed by atoms with Crippen LogP contribution >= 0.6 is 0 Å². The molecule has 0 N–H and O–H groups in total. The third-order valence-corrected chi connectivity index (χ3v) is 3.19. The smallest absolute Gasteiger partial charge is 0.133 e. The number of carbonyl (C=O) groups is 1. The molecule has 0 spiro atoms. The van der Waals surface area contributed by atoms with Crippen molar-refractivity contribution < 1.29 is 9.53 Å². The van der Waals surface area contributed by atoms with Crippen molar-refractivity contribution in [1.82, 2.24) is 0 Å². The summed E-state index contributed by atoms with van der Waals surface area (Å²) < 4.78 is 5.22. The minimum atomic E-state index is 0.446. The summed E-state index contributed by atoms with van der Waals surface area (Å²) in [6.07, 6.45) is 9.03. The molecule has 1 rings (SSSR count). The minimum Gasteiger partial charge on any atom is -0.382 e. The van der Waals surface area contributed by atoms with Crippen LogP contribution in [0.3, 0.4) is 0 Å². The van der Waals surface area contributed by atoms with E-state index in [4.69, 9.17) is 4.74 Å². The van der Waals surface area contributed by atoms with E-state index < -0.39 is 0 Å². The highest BCUT2D eigenvalue weighted by atomic mass is 16.5. The molecule has 88 valence electrons. The summed E-state index contributed by atoms with van der Waals surface area (Å²) >= 11 is 0. The van der Waals surface area contributed by atoms with Crippen LogP contribution < -0.4 is 0 Å². The highest BCUT2D eigenvalue weighted by Crippen LogP contribution is 2.26. The fourth-order valence-corrected chi connectivity index (χ4v) is 2.33. The normalized spacial score (nSPS) is 17.9. The number of carbonyl (C=O) groups excluding carboxylic acids is 1. The van der Waals surface area contributed by atoms with Gasteiger partial charge in [0.2, 0.25) is 0 Å². The van der Waals surface area contributed by atoms with Gasteiger partial charge < -0.3 is 4.74 Å². The van der Waals surface area contributed by atoms with E-state index in [1.165, 1.54) is 32.1 Å². The highest BCUT2D eigenvalue weighted by Gasteiger charge is 2.16. The van der Waals surface area contributed by atoms with Gasteiger partial charge in [0.1, 0.15) is 5.78 Å². The van der Waals surface area contributed by atoms with Gasteiger partial charge in [-0.2, -0.15) is 0 Å². The Kier molecular flexibility index (Phi) is 6.66. The molecule has 1 aliphatic rings. The molecule has 1 fully saturated rings. The summed E-state index contributed by atoms with van der Waals surface area (Å²) in [4.78, 5) is 11.6. The third kappa shape index (κ3) is 5.93. The van der Waals surface area contributed by atoms with Crippen LogP contribution in [0.1, 0.15) is 58.3 Å². The molecule has 0 atom stereocenters. The summed E-state index contributed by atoms with van der Waals surface area (Å²) in [6, 6.07) is 0. The van der Waals surface area contributed by atoms with Gasteiger partial charge in [-0.1, -0.05) is 32.1 Å². The molecule has 0 amide bonds. The van der Waals surface area contributed by atoms with E-state index in [1.54, 1.807) is 0 Å². The van der Waals surface area contributed by atoms with Gasteiger partial charge in [0.25, 0.3) is 0 Å². The first-order chi connectivity index (χ1) is 7.33. The van der Waals surface area contributed by atoms with E-state index in [0.717, 1.165) is 32.5 Å². The highest BCUT2D eigenvalue weighted by molar-refractivity contribution is 5.78. The fraction of sp³-hybridized carbons (Fsp3) is 0.923. The van der Waals surface area contributed by atoms with Crippen LogP contribution in [0.2, 0.25) is 0 Å². The molecule has 0 aromatic carbocycles. The molecule has 0 bridgehead atoms. The van der Waals surface area contributed by atoms with Crippen LogP contribution in [0.4, 0.5) is 0 Å². The molecule has 0 unspecified atom stereocenters. The molecule has 0 heterocycles. The Bertz CT molecular complexity index is 171. The standard InChI is InChI=1S/C13H24O2/c1-2-15-10-6-9-13(14)11-12-7-4-3-5-8-12/h12H,2-11H2,1H3. The summed E-state index contributed by atoms with van der Waals surface area (Å²) in [5.41, 5.74) is 0. The zero-order chi connectivity index (χ0) is 10.9. The van der Waals surface area contributed by atoms with Crippen molar-refractivity contribution in [1.29, 1.82) is 0 Å². The lowest BCUT2D eigenvalue weighted by atomic mass is 9.85. The van der Waals surface area contributed by atoms with Crippen molar-refractivity contribution in [2.24, 2.45) is 5.92 Å². The van der Waals surface area contributed by atoms with Crippen molar-refractivity contribution in [3.63, 3.8) is 0 Å². The lowest BCUT2D eigenvalue weighted by molar-refractivity contribution is -0.120. The second kappa shape index (κ2) is 7.86. The number of ether oxygens (including phenoxy) is 1. The first-order valence-electron chi connectivity index (χ1n) is 6.42. The SMILES string of the molecule is CCOCCCC(=O)CC1CCCCC1. The predicted molar refractivity (Wildman–Crippen MR) is 61.9 cm³/mol. The molecule has 0 aromatic heterocycles. The van der Waals surface area contributed by atoms with Crippen molar-refractivity contribution in [3.05, 3.63) is 0 Å². The summed E-state index contributed by atoms with van der Waals surface area (Å²) in [5.74, 6) is 1.14. The van der Waals surface area contributed by atoms with Gasteiger partial charge in [-0.25, -0.2) is 0 Å². The van der Waals surface area contributed by atoms with E-state index in [0.29, 0.717) is 11.7 Å². The van der Waals surface area contributed by atoms with Crippen molar-refractivity contribution in [2.45, 2.75) is 58.3 Å². The Hall–Kier alpha value is -0.370. The number of Topliss-reactive ketones (excluding diaryl/α,β-unsaturated/α-hetero) is 1. The average Bonchev–Trinajstić information content (AvgIpc) is 2.26. The molecular weight excluding hydrogens is 188 g/mol. The van der Waals surface area contributed by atoms with Crippen LogP contribution in [0.15, 0.2) is 0 Å². The molecule has 0 radical (unpaired) electrons. The zero-order valence-electron chi connectivity index (χ0n) is 9.96. The molecule has 1 aliphatic carbocycles. The maximum absolute atomic E-state index is 11.6. The summed E-state index contributed by atoms with van der Waals surface area (Å²) in [5, 5.41) is 0. The molecule has 0 aromatic rings. The van der Waals surface area contributed by atoms with Gasteiger partial charge in [0.05, 0.1) is 0 Å². The fourth-order valence-electron chi connectivity index (χ4n) is 2.33. The van der Waals surface area contributed by atoms with E-state index >= 15 is 0 Å². The van der Waals surface area contributed by atoms with Crippen LogP contribution in [-0.4, -0.2) is 19.0 Å². The minimum absolute atomic E-state index is 0.446. The van der Waals surface area contributed by atoms with Gasteiger partial charge in [-0.05, 0) is 19.3 Å². The van der Waals surface area contributed by atoms with E-state index in [1.807, 2.05) is 6.92 Å². The van der Waals surface area contributed by atoms with E-state index in [9.17, 15) is 4.79 Å². The second-order valence-electron chi connectivity index (χ2n) is 4.55. The van der Waals surface area contributed by atoms with Gasteiger partial charge in [0, 0.05) is 26.1 Å². The second-order valence-corrected chi connectivity index (χ2v) is 4.55. The van der Waals surface area contributed by atoms with Crippen molar-refractivity contribution in [3.8, 4) is 0 Å². The Labute approximate surface area is 93.4 Å². The molecule has 1 saturated carbocycles. The first kappa shape index (κ1) is 12.7. The number of rotatable bonds is 7. The molecule has 0 saturated heterocycles.